The first kappa shape index (κ1) is 22.5. The minimum atomic E-state index is 0.0278. The number of nitrogens with one attached hydrogen (secondary N) is 2. The van der Waals surface area contributed by atoms with Crippen molar-refractivity contribution >= 4 is 34.5 Å². The first-order valence-corrected chi connectivity index (χ1v) is 11.2. The van der Waals surface area contributed by atoms with Crippen LogP contribution >= 0.6 is 0 Å². The van der Waals surface area contributed by atoms with Gasteiger partial charge in [0.05, 0.1) is 11.6 Å². The summed E-state index contributed by atoms with van der Waals surface area (Å²) in [6.07, 6.45) is 8.71. The number of rotatable bonds is 8. The molecule has 0 aliphatic carbocycles. The number of allylic oxidation sites excluding steroid dienone is 2. The largest absolute Gasteiger partial charge is 0.404 e. The number of H-pyrrole nitrogens is 1. The smallest absolute Gasteiger partial charge is 0.173 e. The molecule has 1 aliphatic rings. The van der Waals surface area contributed by atoms with Crippen molar-refractivity contribution in [1.29, 1.82) is 5.41 Å². The topological polar surface area (TPSA) is 120 Å². The monoisotopic (exact) mass is 442 g/mol. The first-order valence-electron chi connectivity index (χ1n) is 11.2. The normalized spacial score (nSPS) is 16.6. The maximum absolute atomic E-state index is 7.50. The molecule has 3 heterocycles. The number of likely N-dealkylation sites (tertiary alicyclic amines) is 1. The van der Waals surface area contributed by atoms with Crippen LogP contribution in [0.25, 0.3) is 22.6 Å². The quantitative estimate of drug-likeness (QED) is 0.460. The molecule has 0 radical (unpaired) electrons. The zero-order valence-electron chi connectivity index (χ0n) is 19.3. The average Bonchev–Trinajstić information content (AvgIpc) is 3.27. The van der Waals surface area contributed by atoms with Gasteiger partial charge in [0.25, 0.3) is 0 Å². The van der Waals surface area contributed by atoms with E-state index in [1.54, 1.807) is 25.3 Å². The number of aliphatic imine (C=N–C) groups is 1. The van der Waals surface area contributed by atoms with Gasteiger partial charge in [0.1, 0.15) is 5.82 Å². The number of likely N-dealkylation sites (N-methyl/N-ethyl adjacent to an activating group) is 1. The lowest BCUT2D eigenvalue weighted by Crippen LogP contribution is -2.49. The van der Waals surface area contributed by atoms with Crippen LogP contribution in [-0.2, 0) is 0 Å². The molecule has 8 heteroatoms. The second-order valence-corrected chi connectivity index (χ2v) is 8.40. The Balaban J connectivity index is 1.54. The van der Waals surface area contributed by atoms with Crippen molar-refractivity contribution in [2.45, 2.75) is 32.7 Å². The van der Waals surface area contributed by atoms with E-state index in [4.69, 9.17) is 11.1 Å². The summed E-state index contributed by atoms with van der Waals surface area (Å²) in [5, 5.41) is 15.8. The lowest BCUT2D eigenvalue weighted by Gasteiger charge is -2.35. The van der Waals surface area contributed by atoms with E-state index in [9.17, 15) is 0 Å². The standard InChI is InChI=1S/C25H30N8/c1-4-33-14-22(15-33)28-13-21(11-26)20-10-19-9-18(6-7-23(19)29-12-20)17(3)25-30-24(31-32-25)8-5-16(2)27/h5-13,17,22,27H,4,14-15,26H2,1-3H3,(H,30,31,32)/b8-5-,21-11?,27-16?,28-13?. The van der Waals surface area contributed by atoms with Crippen LogP contribution in [0.15, 0.2) is 47.7 Å². The van der Waals surface area contributed by atoms with Crippen LogP contribution in [0.4, 0.5) is 0 Å². The Morgan fingerprint density at radius 2 is 2.18 bits per heavy atom. The summed E-state index contributed by atoms with van der Waals surface area (Å²) in [5.74, 6) is 1.37. The van der Waals surface area contributed by atoms with Crippen LogP contribution < -0.4 is 5.73 Å². The molecular formula is C25H30N8. The van der Waals surface area contributed by atoms with Crippen molar-refractivity contribution < 1.29 is 0 Å². The number of aromatic amines is 1. The van der Waals surface area contributed by atoms with E-state index < -0.39 is 0 Å². The SMILES string of the molecule is CCN1CC(N=CC(=CN)c2cnc3ccc(C(C)c4nc(/C=C\C(C)=N)n[nH]4)cc3c2)C1. The minimum absolute atomic E-state index is 0.0278. The molecule has 2 aromatic heterocycles. The van der Waals surface area contributed by atoms with Crippen LogP contribution in [-0.4, -0.2) is 62.7 Å². The summed E-state index contributed by atoms with van der Waals surface area (Å²) < 4.78 is 0. The van der Waals surface area contributed by atoms with E-state index in [1.807, 2.05) is 18.5 Å². The van der Waals surface area contributed by atoms with Gasteiger partial charge in [-0.05, 0) is 49.4 Å². The number of nitrogens with zero attached hydrogens (tertiary/aromatic N) is 5. The summed E-state index contributed by atoms with van der Waals surface area (Å²) in [7, 11) is 0. The second-order valence-electron chi connectivity index (χ2n) is 8.40. The Kier molecular flexibility index (Phi) is 6.74. The molecule has 1 atom stereocenters. The molecule has 1 fully saturated rings. The molecule has 1 unspecified atom stereocenters. The predicted molar refractivity (Wildman–Crippen MR) is 135 cm³/mol. The maximum Gasteiger partial charge on any atom is 0.173 e. The van der Waals surface area contributed by atoms with Gasteiger partial charge in [-0.3, -0.25) is 20.0 Å². The molecule has 0 bridgehead atoms. The number of hydrogen-bond donors (Lipinski definition) is 3. The van der Waals surface area contributed by atoms with E-state index in [0.29, 0.717) is 17.6 Å². The summed E-state index contributed by atoms with van der Waals surface area (Å²) in [5.41, 5.74) is 10.2. The van der Waals surface area contributed by atoms with Crippen LogP contribution in [0.1, 0.15) is 49.5 Å². The van der Waals surface area contributed by atoms with E-state index in [0.717, 1.165) is 53.1 Å². The van der Waals surface area contributed by atoms with Crippen molar-refractivity contribution in [3.05, 3.63) is 65.5 Å². The van der Waals surface area contributed by atoms with Crippen LogP contribution in [0.3, 0.4) is 0 Å². The lowest BCUT2D eigenvalue weighted by atomic mass is 9.97. The van der Waals surface area contributed by atoms with Crippen LogP contribution in [0.2, 0.25) is 0 Å². The number of fused-ring (bicyclic) bond motifs is 1. The second kappa shape index (κ2) is 9.87. The minimum Gasteiger partial charge on any atom is -0.404 e. The van der Waals surface area contributed by atoms with Gasteiger partial charge in [0, 0.05) is 59.9 Å². The van der Waals surface area contributed by atoms with E-state index >= 15 is 0 Å². The average molecular weight is 443 g/mol. The molecule has 33 heavy (non-hydrogen) atoms. The number of benzene rings is 1. The third-order valence-corrected chi connectivity index (χ3v) is 5.94. The fourth-order valence-electron chi connectivity index (χ4n) is 3.79. The predicted octanol–water partition coefficient (Wildman–Crippen LogP) is 3.63. The molecule has 1 aliphatic heterocycles. The van der Waals surface area contributed by atoms with Crippen molar-refractivity contribution in [3.63, 3.8) is 0 Å². The molecule has 1 aromatic carbocycles. The third-order valence-electron chi connectivity index (χ3n) is 5.94. The van der Waals surface area contributed by atoms with Gasteiger partial charge >= 0.3 is 0 Å². The molecule has 4 N–H and O–H groups in total. The zero-order chi connectivity index (χ0) is 23.4. The molecule has 4 rings (SSSR count). The van der Waals surface area contributed by atoms with Gasteiger partial charge in [0.2, 0.25) is 0 Å². The summed E-state index contributed by atoms with van der Waals surface area (Å²) in [4.78, 5) is 16.2. The van der Waals surface area contributed by atoms with Gasteiger partial charge in [-0.1, -0.05) is 19.9 Å². The van der Waals surface area contributed by atoms with Crippen molar-refractivity contribution in [2.75, 3.05) is 19.6 Å². The third kappa shape index (κ3) is 5.23. The van der Waals surface area contributed by atoms with Gasteiger partial charge in [0.15, 0.2) is 5.82 Å². The highest BCUT2D eigenvalue weighted by molar-refractivity contribution is 6.10. The van der Waals surface area contributed by atoms with E-state index in [-0.39, 0.29) is 5.92 Å². The number of nitrogens with two attached hydrogens (primary N) is 1. The Bertz CT molecular complexity index is 1230. The van der Waals surface area contributed by atoms with Crippen molar-refractivity contribution in [1.82, 2.24) is 25.1 Å². The van der Waals surface area contributed by atoms with Crippen LogP contribution in [0, 0.1) is 5.41 Å². The molecule has 0 spiro atoms. The Labute approximate surface area is 193 Å². The number of pyridine rings is 1. The molecule has 1 saturated heterocycles. The Hall–Kier alpha value is -3.65. The molecule has 170 valence electrons. The number of aromatic nitrogens is 4. The highest BCUT2D eigenvalue weighted by Gasteiger charge is 2.23. The first-order chi connectivity index (χ1) is 16.0. The molecular weight excluding hydrogens is 412 g/mol. The van der Waals surface area contributed by atoms with Gasteiger partial charge in [-0.2, -0.15) is 5.10 Å². The summed E-state index contributed by atoms with van der Waals surface area (Å²) in [6.45, 7) is 9.04. The molecule has 3 aromatic rings. The Morgan fingerprint density at radius 1 is 1.36 bits per heavy atom. The highest BCUT2D eigenvalue weighted by Crippen LogP contribution is 2.26. The molecule has 8 nitrogen and oxygen atoms in total. The fraction of sp³-hybridized carbons (Fsp3) is 0.320. The van der Waals surface area contributed by atoms with Gasteiger partial charge < -0.3 is 11.1 Å². The maximum atomic E-state index is 7.50. The Morgan fingerprint density at radius 3 is 2.91 bits per heavy atom. The van der Waals surface area contributed by atoms with Gasteiger partial charge in [-0.15, -0.1) is 0 Å². The molecule has 0 amide bonds. The zero-order valence-corrected chi connectivity index (χ0v) is 19.3. The van der Waals surface area contributed by atoms with E-state index in [1.165, 1.54) is 0 Å². The van der Waals surface area contributed by atoms with E-state index in [2.05, 4.69) is 62.1 Å². The molecule has 0 saturated carbocycles. The van der Waals surface area contributed by atoms with Gasteiger partial charge in [-0.25, -0.2) is 4.98 Å². The fourth-order valence-corrected chi connectivity index (χ4v) is 3.79. The van der Waals surface area contributed by atoms with Crippen molar-refractivity contribution in [3.8, 4) is 0 Å². The number of hydrogen-bond acceptors (Lipinski definition) is 7. The summed E-state index contributed by atoms with van der Waals surface area (Å²) in [6, 6.07) is 8.66. The van der Waals surface area contributed by atoms with Crippen LogP contribution in [0.5, 0.6) is 0 Å². The lowest BCUT2D eigenvalue weighted by molar-refractivity contribution is 0.162. The highest BCUT2D eigenvalue weighted by atomic mass is 15.2. The van der Waals surface area contributed by atoms with Crippen molar-refractivity contribution in [2.24, 2.45) is 10.7 Å². The summed E-state index contributed by atoms with van der Waals surface area (Å²) >= 11 is 0.